The first-order valence-electron chi connectivity index (χ1n) is 5.27. The minimum absolute atomic E-state index is 0.290. The molecule has 0 fully saturated rings. The van der Waals surface area contributed by atoms with Crippen LogP contribution in [0.3, 0.4) is 0 Å². The lowest BCUT2D eigenvalue weighted by atomic mass is 10.2. The average molecular weight is 270 g/mol. The van der Waals surface area contributed by atoms with E-state index in [0.29, 0.717) is 28.8 Å². The molecule has 2 rings (SSSR count). The average Bonchev–Trinajstić information content (AvgIpc) is 2.71. The Morgan fingerprint density at radius 2 is 2.11 bits per heavy atom. The zero-order chi connectivity index (χ0) is 13.1. The zero-order valence-corrected chi connectivity index (χ0v) is 10.5. The Bertz CT molecular complexity index is 556. The monoisotopic (exact) mass is 270 g/mol. The number of hydrogen-bond acceptors (Lipinski definition) is 4. The minimum Gasteiger partial charge on any atom is -0.324 e. The second-order valence-corrected chi connectivity index (χ2v) is 4.63. The van der Waals surface area contributed by atoms with Crippen molar-refractivity contribution >= 4 is 11.8 Å². The van der Waals surface area contributed by atoms with Crippen LogP contribution >= 0.6 is 11.8 Å². The van der Waals surface area contributed by atoms with E-state index in [1.165, 1.54) is 17.8 Å². The van der Waals surface area contributed by atoms with E-state index in [-0.39, 0.29) is 0 Å². The fourth-order valence-corrected chi connectivity index (χ4v) is 2.35. The second-order valence-electron chi connectivity index (χ2n) is 3.69. The number of rotatable bonds is 4. The van der Waals surface area contributed by atoms with Gasteiger partial charge in [0.25, 0.3) is 0 Å². The topological polar surface area (TPSA) is 56.7 Å². The van der Waals surface area contributed by atoms with E-state index >= 15 is 0 Å². The van der Waals surface area contributed by atoms with E-state index in [2.05, 4.69) is 10.2 Å². The van der Waals surface area contributed by atoms with Crippen LogP contribution in [0.1, 0.15) is 11.4 Å². The van der Waals surface area contributed by atoms with E-state index in [9.17, 15) is 8.78 Å². The summed E-state index contributed by atoms with van der Waals surface area (Å²) in [6, 6.07) is 3.40. The van der Waals surface area contributed by atoms with Crippen molar-refractivity contribution in [1.82, 2.24) is 14.8 Å². The van der Waals surface area contributed by atoms with E-state index in [1.54, 1.807) is 11.6 Å². The lowest BCUT2D eigenvalue weighted by Gasteiger charge is -2.04. The number of thioether (sulfide) groups is 1. The Morgan fingerprint density at radius 1 is 1.33 bits per heavy atom. The normalized spacial score (nSPS) is 10.9. The van der Waals surface area contributed by atoms with Crippen LogP contribution in [-0.2, 0) is 19.3 Å². The summed E-state index contributed by atoms with van der Waals surface area (Å²) in [7, 11) is 1.78. The molecule has 0 radical (unpaired) electrons. The maximum Gasteiger partial charge on any atom is 0.191 e. The summed E-state index contributed by atoms with van der Waals surface area (Å²) < 4.78 is 28.1. The van der Waals surface area contributed by atoms with Crippen molar-refractivity contribution < 1.29 is 8.78 Å². The summed E-state index contributed by atoms with van der Waals surface area (Å²) in [5.41, 5.74) is 5.78. The Kier molecular flexibility index (Phi) is 3.93. The third kappa shape index (κ3) is 2.68. The van der Waals surface area contributed by atoms with Gasteiger partial charge in [-0.1, -0.05) is 11.8 Å². The molecule has 1 aromatic carbocycles. The van der Waals surface area contributed by atoms with Crippen LogP contribution in [0.2, 0.25) is 0 Å². The predicted octanol–water partition coefficient (Wildman–Crippen LogP) is 1.84. The summed E-state index contributed by atoms with van der Waals surface area (Å²) in [5.74, 6) is 0.0649. The van der Waals surface area contributed by atoms with Crippen LogP contribution < -0.4 is 5.73 Å². The standard InChI is InChI=1S/C11H12F2N4S/c1-17-10(5-14)15-16-11(17)18-6-7-4-8(12)2-3-9(7)13/h2-4H,5-6,14H2,1H3. The third-order valence-electron chi connectivity index (χ3n) is 2.47. The van der Waals surface area contributed by atoms with Crippen molar-refractivity contribution in [2.75, 3.05) is 0 Å². The zero-order valence-electron chi connectivity index (χ0n) is 9.73. The summed E-state index contributed by atoms with van der Waals surface area (Å²) >= 11 is 1.29. The molecule has 0 aliphatic heterocycles. The number of nitrogens with zero attached hydrogens (tertiary/aromatic N) is 3. The molecule has 0 bridgehead atoms. The summed E-state index contributed by atoms with van der Waals surface area (Å²) in [6.45, 7) is 0.290. The number of aromatic nitrogens is 3. The van der Waals surface area contributed by atoms with E-state index in [0.717, 1.165) is 12.1 Å². The minimum atomic E-state index is -0.451. The molecule has 0 unspecified atom stereocenters. The first-order chi connectivity index (χ1) is 8.61. The number of hydrogen-bond donors (Lipinski definition) is 1. The molecule has 2 aromatic rings. The van der Waals surface area contributed by atoms with Crippen LogP contribution in [0.4, 0.5) is 8.78 Å². The van der Waals surface area contributed by atoms with E-state index < -0.39 is 11.6 Å². The van der Waals surface area contributed by atoms with Crippen LogP contribution in [0.15, 0.2) is 23.4 Å². The molecule has 0 amide bonds. The molecule has 1 aromatic heterocycles. The molecule has 2 N–H and O–H groups in total. The van der Waals surface area contributed by atoms with Gasteiger partial charge in [-0.2, -0.15) is 0 Å². The lowest BCUT2D eigenvalue weighted by Crippen LogP contribution is -2.05. The molecule has 0 aliphatic carbocycles. The van der Waals surface area contributed by atoms with Crippen LogP contribution in [0, 0.1) is 11.6 Å². The van der Waals surface area contributed by atoms with Gasteiger partial charge >= 0.3 is 0 Å². The molecule has 0 atom stereocenters. The molecular formula is C11H12F2N4S. The number of halogens is 2. The van der Waals surface area contributed by atoms with Gasteiger partial charge in [0.15, 0.2) is 5.16 Å². The van der Waals surface area contributed by atoms with Gasteiger partial charge < -0.3 is 10.3 Å². The van der Waals surface area contributed by atoms with Crippen molar-refractivity contribution in [1.29, 1.82) is 0 Å². The van der Waals surface area contributed by atoms with Gasteiger partial charge in [-0.3, -0.25) is 0 Å². The Labute approximate surface area is 107 Å². The quantitative estimate of drug-likeness (QED) is 0.861. The van der Waals surface area contributed by atoms with Gasteiger partial charge in [0.2, 0.25) is 0 Å². The first kappa shape index (κ1) is 13.0. The fraction of sp³-hybridized carbons (Fsp3) is 0.273. The molecule has 96 valence electrons. The smallest absolute Gasteiger partial charge is 0.191 e. The summed E-state index contributed by atoms with van der Waals surface area (Å²) in [6.07, 6.45) is 0. The van der Waals surface area contributed by atoms with Gasteiger partial charge in [-0.05, 0) is 18.2 Å². The maximum absolute atomic E-state index is 13.4. The fourth-order valence-electron chi connectivity index (χ4n) is 1.44. The third-order valence-corrected chi connectivity index (χ3v) is 3.54. The lowest BCUT2D eigenvalue weighted by molar-refractivity contribution is 0.591. The van der Waals surface area contributed by atoms with Crippen molar-refractivity contribution in [3.63, 3.8) is 0 Å². The molecule has 0 saturated carbocycles. The van der Waals surface area contributed by atoms with Gasteiger partial charge in [0, 0.05) is 18.4 Å². The maximum atomic E-state index is 13.4. The Balaban J connectivity index is 2.11. The molecule has 1 heterocycles. The molecule has 7 heteroatoms. The van der Waals surface area contributed by atoms with Crippen molar-refractivity contribution in [2.45, 2.75) is 17.5 Å². The number of benzene rings is 1. The predicted molar refractivity (Wildman–Crippen MR) is 64.8 cm³/mol. The summed E-state index contributed by atoms with van der Waals surface area (Å²) in [5, 5.41) is 8.44. The largest absolute Gasteiger partial charge is 0.324 e. The molecule has 0 spiro atoms. The van der Waals surface area contributed by atoms with Gasteiger partial charge in [-0.25, -0.2) is 8.78 Å². The Morgan fingerprint density at radius 3 is 2.78 bits per heavy atom. The van der Waals surface area contributed by atoms with Crippen molar-refractivity contribution in [3.05, 3.63) is 41.2 Å². The van der Waals surface area contributed by atoms with Crippen molar-refractivity contribution in [3.8, 4) is 0 Å². The molecule has 0 aliphatic rings. The Hall–Kier alpha value is -1.47. The van der Waals surface area contributed by atoms with Gasteiger partial charge in [0.1, 0.15) is 17.5 Å². The highest BCUT2D eigenvalue weighted by molar-refractivity contribution is 7.98. The van der Waals surface area contributed by atoms with Crippen LogP contribution in [-0.4, -0.2) is 14.8 Å². The van der Waals surface area contributed by atoms with Crippen molar-refractivity contribution in [2.24, 2.45) is 12.8 Å². The molecule has 18 heavy (non-hydrogen) atoms. The van der Waals surface area contributed by atoms with Gasteiger partial charge in [0.05, 0.1) is 6.54 Å². The van der Waals surface area contributed by atoms with E-state index in [4.69, 9.17) is 5.73 Å². The van der Waals surface area contributed by atoms with E-state index in [1.807, 2.05) is 0 Å². The second kappa shape index (κ2) is 5.45. The highest BCUT2D eigenvalue weighted by atomic mass is 32.2. The SMILES string of the molecule is Cn1c(CN)nnc1SCc1cc(F)ccc1F. The highest BCUT2D eigenvalue weighted by Gasteiger charge is 2.10. The number of nitrogens with two attached hydrogens (primary N) is 1. The molecular weight excluding hydrogens is 258 g/mol. The van der Waals surface area contributed by atoms with Crippen LogP contribution in [0.25, 0.3) is 0 Å². The first-order valence-corrected chi connectivity index (χ1v) is 6.25. The molecule has 0 saturated heterocycles. The van der Waals surface area contributed by atoms with Crippen LogP contribution in [0.5, 0.6) is 0 Å². The highest BCUT2D eigenvalue weighted by Crippen LogP contribution is 2.23. The molecule has 4 nitrogen and oxygen atoms in total. The van der Waals surface area contributed by atoms with Gasteiger partial charge in [-0.15, -0.1) is 10.2 Å². The summed E-state index contributed by atoms with van der Waals surface area (Å²) in [4.78, 5) is 0.